The second kappa shape index (κ2) is 8.14. The van der Waals surface area contributed by atoms with E-state index in [1.54, 1.807) is 29.9 Å². The van der Waals surface area contributed by atoms with Gasteiger partial charge < -0.3 is 9.47 Å². The normalized spacial score (nSPS) is 13.8. The van der Waals surface area contributed by atoms with Crippen molar-refractivity contribution in [2.24, 2.45) is 7.05 Å². The van der Waals surface area contributed by atoms with E-state index >= 15 is 0 Å². The van der Waals surface area contributed by atoms with Crippen LogP contribution in [0.4, 0.5) is 5.69 Å². The standard InChI is InChI=1S/C22H25N3O5S/c1-15(2)21-20(22(26)25(24(21)3)16-8-5-4-6-9-16)23-31(27,28)17-10-11-18-19(14-17)30-13-7-12-29-18/h4-6,8-11,14-15,23H,7,12-13H2,1-3H3. The molecule has 1 aliphatic rings. The Balaban J connectivity index is 1.79. The Morgan fingerprint density at radius 1 is 1.00 bits per heavy atom. The van der Waals surface area contributed by atoms with Crippen LogP contribution in [-0.4, -0.2) is 31.0 Å². The summed E-state index contributed by atoms with van der Waals surface area (Å²) in [6.07, 6.45) is 0.718. The highest BCUT2D eigenvalue weighted by Crippen LogP contribution is 2.33. The van der Waals surface area contributed by atoms with Gasteiger partial charge in [-0.2, -0.15) is 0 Å². The smallest absolute Gasteiger partial charge is 0.296 e. The summed E-state index contributed by atoms with van der Waals surface area (Å²) in [6.45, 7) is 4.78. The third-order valence-corrected chi connectivity index (χ3v) is 6.47. The van der Waals surface area contributed by atoms with Gasteiger partial charge in [0, 0.05) is 19.5 Å². The summed E-state index contributed by atoms with van der Waals surface area (Å²) in [4.78, 5) is 13.3. The number of benzene rings is 2. The van der Waals surface area contributed by atoms with Crippen molar-refractivity contribution in [3.05, 3.63) is 64.6 Å². The maximum absolute atomic E-state index is 13.3. The highest BCUT2D eigenvalue weighted by Gasteiger charge is 2.27. The van der Waals surface area contributed by atoms with Crippen LogP contribution < -0.4 is 19.8 Å². The van der Waals surface area contributed by atoms with Gasteiger partial charge in [-0.15, -0.1) is 0 Å². The highest BCUT2D eigenvalue weighted by molar-refractivity contribution is 7.92. The molecule has 0 spiro atoms. The molecule has 3 aromatic rings. The largest absolute Gasteiger partial charge is 0.490 e. The van der Waals surface area contributed by atoms with Crippen LogP contribution in [0.15, 0.2) is 58.2 Å². The van der Waals surface area contributed by atoms with E-state index in [9.17, 15) is 13.2 Å². The van der Waals surface area contributed by atoms with E-state index in [2.05, 4.69) is 4.72 Å². The molecule has 4 rings (SSSR count). The number of rotatable bonds is 5. The predicted octanol–water partition coefficient (Wildman–Crippen LogP) is 3.26. The van der Waals surface area contributed by atoms with Gasteiger partial charge in [-0.05, 0) is 30.2 Å². The van der Waals surface area contributed by atoms with Crippen molar-refractivity contribution in [3.63, 3.8) is 0 Å². The van der Waals surface area contributed by atoms with Crippen molar-refractivity contribution < 1.29 is 17.9 Å². The number of anilines is 1. The summed E-state index contributed by atoms with van der Waals surface area (Å²) >= 11 is 0. The molecule has 0 unspecified atom stereocenters. The van der Waals surface area contributed by atoms with E-state index in [0.29, 0.717) is 36.1 Å². The van der Waals surface area contributed by atoms with Crippen molar-refractivity contribution in [2.45, 2.75) is 31.1 Å². The van der Waals surface area contributed by atoms with E-state index < -0.39 is 15.6 Å². The molecule has 31 heavy (non-hydrogen) atoms. The minimum absolute atomic E-state index is 0.000898. The first-order valence-corrected chi connectivity index (χ1v) is 11.6. The lowest BCUT2D eigenvalue weighted by molar-refractivity contribution is 0.297. The van der Waals surface area contributed by atoms with Gasteiger partial charge in [-0.25, -0.2) is 13.1 Å². The Bertz CT molecular complexity index is 1260. The van der Waals surface area contributed by atoms with E-state index in [1.165, 1.54) is 16.8 Å². The van der Waals surface area contributed by atoms with Gasteiger partial charge >= 0.3 is 0 Å². The number of nitrogens with zero attached hydrogens (tertiary/aromatic N) is 2. The fraction of sp³-hybridized carbons (Fsp3) is 0.318. The zero-order valence-corrected chi connectivity index (χ0v) is 18.5. The Morgan fingerprint density at radius 2 is 1.68 bits per heavy atom. The molecular weight excluding hydrogens is 418 g/mol. The van der Waals surface area contributed by atoms with E-state index in [4.69, 9.17) is 9.47 Å². The molecule has 1 aromatic heterocycles. The lowest BCUT2D eigenvalue weighted by atomic mass is 10.1. The van der Waals surface area contributed by atoms with Crippen LogP contribution in [0.3, 0.4) is 0 Å². The number of sulfonamides is 1. The molecule has 0 amide bonds. The second-order valence-corrected chi connectivity index (χ2v) is 9.34. The van der Waals surface area contributed by atoms with Crippen molar-refractivity contribution in [3.8, 4) is 17.2 Å². The Morgan fingerprint density at radius 3 is 2.35 bits per heavy atom. The lowest BCUT2D eigenvalue weighted by Gasteiger charge is -2.14. The van der Waals surface area contributed by atoms with Gasteiger partial charge in [-0.1, -0.05) is 32.0 Å². The van der Waals surface area contributed by atoms with Crippen molar-refractivity contribution >= 4 is 15.7 Å². The van der Waals surface area contributed by atoms with Gasteiger partial charge in [0.25, 0.3) is 15.6 Å². The fourth-order valence-corrected chi connectivity index (χ4v) is 4.83. The number of hydrogen-bond donors (Lipinski definition) is 1. The molecule has 0 fully saturated rings. The number of hydrogen-bond acceptors (Lipinski definition) is 5. The van der Waals surface area contributed by atoms with Gasteiger partial charge in [0.05, 0.1) is 29.5 Å². The first-order valence-electron chi connectivity index (χ1n) is 10.1. The molecule has 0 atom stereocenters. The maximum Gasteiger partial charge on any atom is 0.296 e. The average molecular weight is 444 g/mol. The second-order valence-electron chi connectivity index (χ2n) is 7.66. The zero-order chi connectivity index (χ0) is 22.2. The van der Waals surface area contributed by atoms with Crippen LogP contribution in [0.25, 0.3) is 5.69 Å². The van der Waals surface area contributed by atoms with Gasteiger partial charge in [0.1, 0.15) is 5.69 Å². The van der Waals surface area contributed by atoms with Crippen LogP contribution in [0.2, 0.25) is 0 Å². The molecule has 0 bridgehead atoms. The monoisotopic (exact) mass is 443 g/mol. The summed E-state index contributed by atoms with van der Waals surface area (Å²) in [5.41, 5.74) is 0.841. The Hall–Kier alpha value is -3.20. The third kappa shape index (κ3) is 3.93. The van der Waals surface area contributed by atoms with Crippen molar-refractivity contribution in [1.82, 2.24) is 9.36 Å². The minimum atomic E-state index is -4.04. The zero-order valence-electron chi connectivity index (χ0n) is 17.7. The van der Waals surface area contributed by atoms with Gasteiger partial charge in [-0.3, -0.25) is 14.2 Å². The fourth-order valence-electron chi connectivity index (χ4n) is 3.74. The molecule has 8 nitrogen and oxygen atoms in total. The highest BCUT2D eigenvalue weighted by atomic mass is 32.2. The molecule has 164 valence electrons. The number of aromatic nitrogens is 2. The minimum Gasteiger partial charge on any atom is -0.490 e. The van der Waals surface area contributed by atoms with E-state index in [-0.39, 0.29) is 16.5 Å². The molecule has 1 aliphatic heterocycles. The van der Waals surface area contributed by atoms with Gasteiger partial charge in [0.15, 0.2) is 11.5 Å². The topological polar surface area (TPSA) is 91.6 Å². The van der Waals surface area contributed by atoms with Crippen molar-refractivity contribution in [1.29, 1.82) is 0 Å². The van der Waals surface area contributed by atoms with E-state index in [0.717, 1.165) is 6.42 Å². The molecule has 0 aliphatic carbocycles. The van der Waals surface area contributed by atoms with Crippen molar-refractivity contribution in [2.75, 3.05) is 17.9 Å². The predicted molar refractivity (Wildman–Crippen MR) is 118 cm³/mol. The van der Waals surface area contributed by atoms with Crippen LogP contribution >= 0.6 is 0 Å². The Labute approximate surface area is 181 Å². The number of para-hydroxylation sites is 1. The van der Waals surface area contributed by atoms with Crippen LogP contribution in [0.1, 0.15) is 31.9 Å². The number of nitrogens with one attached hydrogen (secondary N) is 1. The summed E-state index contributed by atoms with van der Waals surface area (Å²) in [6, 6.07) is 13.6. The number of fused-ring (bicyclic) bond motifs is 1. The summed E-state index contributed by atoms with van der Waals surface area (Å²) in [5.74, 6) is 0.786. The van der Waals surface area contributed by atoms with Crippen LogP contribution in [0, 0.1) is 0 Å². The first-order chi connectivity index (χ1) is 14.8. The molecule has 2 heterocycles. The maximum atomic E-state index is 13.3. The SMILES string of the molecule is CC(C)c1c(NS(=O)(=O)c2ccc3c(c2)OCCCO3)c(=O)n(-c2ccccc2)n1C. The summed E-state index contributed by atoms with van der Waals surface area (Å²) in [5, 5.41) is 0. The lowest BCUT2D eigenvalue weighted by Crippen LogP contribution is -2.23. The summed E-state index contributed by atoms with van der Waals surface area (Å²) < 4.78 is 43.3. The molecule has 0 radical (unpaired) electrons. The number of ether oxygens (including phenoxy) is 2. The average Bonchev–Trinajstić information content (AvgIpc) is 2.89. The molecule has 0 saturated carbocycles. The van der Waals surface area contributed by atoms with Crippen LogP contribution in [0.5, 0.6) is 11.5 Å². The quantitative estimate of drug-likeness (QED) is 0.654. The molecule has 0 saturated heterocycles. The molecule has 1 N–H and O–H groups in total. The van der Waals surface area contributed by atoms with E-state index in [1.807, 2.05) is 32.0 Å². The molecular formula is C22H25N3O5S. The first kappa shape index (κ1) is 21.0. The molecule has 9 heteroatoms. The summed E-state index contributed by atoms with van der Waals surface area (Å²) in [7, 11) is -2.29. The Kier molecular flexibility index (Phi) is 5.53. The third-order valence-electron chi connectivity index (χ3n) is 5.12. The molecule has 2 aromatic carbocycles. The van der Waals surface area contributed by atoms with Crippen LogP contribution in [-0.2, 0) is 17.1 Å². The van der Waals surface area contributed by atoms with Gasteiger partial charge in [0.2, 0.25) is 0 Å².